The van der Waals surface area contributed by atoms with E-state index in [4.69, 9.17) is 9.47 Å². The predicted octanol–water partition coefficient (Wildman–Crippen LogP) is 1.94. The fourth-order valence-electron chi connectivity index (χ4n) is 1.30. The van der Waals surface area contributed by atoms with E-state index in [1.807, 2.05) is 13.8 Å². The summed E-state index contributed by atoms with van der Waals surface area (Å²) in [5, 5.41) is 9.82. The molecule has 1 aromatic heterocycles. The van der Waals surface area contributed by atoms with Crippen molar-refractivity contribution in [1.82, 2.24) is 4.98 Å². The topological polar surface area (TPSA) is 51.6 Å². The summed E-state index contributed by atoms with van der Waals surface area (Å²) in [6.07, 6.45) is 3.57. The summed E-state index contributed by atoms with van der Waals surface area (Å²) in [6.45, 7) is 5.49. The van der Waals surface area contributed by atoms with Gasteiger partial charge in [0, 0.05) is 18.4 Å². The number of aromatic nitrogens is 1. The molecule has 0 amide bonds. The van der Waals surface area contributed by atoms with Gasteiger partial charge in [0.1, 0.15) is 11.9 Å². The molecule has 1 N–H and O–H groups in total. The van der Waals surface area contributed by atoms with Crippen molar-refractivity contribution in [3.8, 4) is 5.75 Å². The molecular formula is C12H19NO3. The molecule has 0 bridgehead atoms. The SMILES string of the molecule is CCCOCC(O)c1cncc(OCC)c1. The highest BCUT2D eigenvalue weighted by atomic mass is 16.5. The van der Waals surface area contributed by atoms with Gasteiger partial charge in [-0.2, -0.15) is 0 Å². The Hall–Kier alpha value is -1.13. The molecule has 4 heteroatoms. The molecule has 1 heterocycles. The summed E-state index contributed by atoms with van der Waals surface area (Å²) in [7, 11) is 0. The number of aliphatic hydroxyl groups is 1. The van der Waals surface area contributed by atoms with Crippen molar-refractivity contribution in [2.45, 2.75) is 26.4 Å². The first-order chi connectivity index (χ1) is 7.77. The van der Waals surface area contributed by atoms with Crippen molar-refractivity contribution in [2.75, 3.05) is 19.8 Å². The Labute approximate surface area is 96.2 Å². The lowest BCUT2D eigenvalue weighted by Crippen LogP contribution is -2.08. The molecule has 0 saturated heterocycles. The van der Waals surface area contributed by atoms with E-state index in [0.717, 1.165) is 12.0 Å². The molecule has 0 spiro atoms. The van der Waals surface area contributed by atoms with Crippen LogP contribution in [0.5, 0.6) is 5.75 Å². The van der Waals surface area contributed by atoms with Gasteiger partial charge in [-0.3, -0.25) is 4.98 Å². The van der Waals surface area contributed by atoms with Gasteiger partial charge in [-0.15, -0.1) is 0 Å². The lowest BCUT2D eigenvalue weighted by molar-refractivity contribution is 0.0361. The van der Waals surface area contributed by atoms with E-state index in [0.29, 0.717) is 25.6 Å². The van der Waals surface area contributed by atoms with Crippen LogP contribution < -0.4 is 4.74 Å². The van der Waals surface area contributed by atoms with Gasteiger partial charge in [0.05, 0.1) is 19.4 Å². The van der Waals surface area contributed by atoms with Crippen LogP contribution in [0, 0.1) is 0 Å². The maximum atomic E-state index is 9.82. The van der Waals surface area contributed by atoms with Gasteiger partial charge in [-0.25, -0.2) is 0 Å². The summed E-state index contributed by atoms with van der Waals surface area (Å²) in [5.41, 5.74) is 0.724. The van der Waals surface area contributed by atoms with Gasteiger partial charge < -0.3 is 14.6 Å². The van der Waals surface area contributed by atoms with Crippen LogP contribution >= 0.6 is 0 Å². The summed E-state index contributed by atoms with van der Waals surface area (Å²) < 4.78 is 10.6. The molecule has 0 fully saturated rings. The van der Waals surface area contributed by atoms with Crippen LogP contribution in [-0.4, -0.2) is 29.9 Å². The summed E-state index contributed by atoms with van der Waals surface area (Å²) in [5.74, 6) is 0.676. The monoisotopic (exact) mass is 225 g/mol. The van der Waals surface area contributed by atoms with Crippen LogP contribution in [0.2, 0.25) is 0 Å². The van der Waals surface area contributed by atoms with Crippen LogP contribution in [0.25, 0.3) is 0 Å². The average Bonchev–Trinajstić information content (AvgIpc) is 2.30. The molecular weight excluding hydrogens is 206 g/mol. The summed E-state index contributed by atoms with van der Waals surface area (Å²) in [4.78, 5) is 4.01. The predicted molar refractivity (Wildman–Crippen MR) is 61.5 cm³/mol. The molecule has 1 aromatic rings. The van der Waals surface area contributed by atoms with Crippen LogP contribution in [0.3, 0.4) is 0 Å². The molecule has 90 valence electrons. The normalized spacial score (nSPS) is 12.4. The fourth-order valence-corrected chi connectivity index (χ4v) is 1.30. The highest BCUT2D eigenvalue weighted by Crippen LogP contribution is 2.17. The quantitative estimate of drug-likeness (QED) is 0.720. The second-order valence-electron chi connectivity index (χ2n) is 3.48. The molecule has 1 atom stereocenters. The smallest absolute Gasteiger partial charge is 0.137 e. The number of hydrogen-bond donors (Lipinski definition) is 1. The molecule has 16 heavy (non-hydrogen) atoms. The maximum absolute atomic E-state index is 9.82. The van der Waals surface area contributed by atoms with E-state index in [1.165, 1.54) is 0 Å². The van der Waals surface area contributed by atoms with Gasteiger partial charge in [0.2, 0.25) is 0 Å². The Kier molecular flexibility index (Phi) is 5.82. The first kappa shape index (κ1) is 12.9. The van der Waals surface area contributed by atoms with E-state index in [9.17, 15) is 5.11 Å². The van der Waals surface area contributed by atoms with Gasteiger partial charge in [-0.05, 0) is 19.4 Å². The minimum Gasteiger partial charge on any atom is -0.492 e. The molecule has 0 aliphatic heterocycles. The largest absolute Gasteiger partial charge is 0.492 e. The zero-order chi connectivity index (χ0) is 11.8. The minimum atomic E-state index is -0.639. The molecule has 1 rings (SSSR count). The number of pyridine rings is 1. The highest BCUT2D eigenvalue weighted by molar-refractivity contribution is 5.25. The first-order valence-electron chi connectivity index (χ1n) is 5.61. The molecule has 4 nitrogen and oxygen atoms in total. The third-order valence-corrected chi connectivity index (χ3v) is 2.05. The Morgan fingerprint density at radius 2 is 2.19 bits per heavy atom. The summed E-state index contributed by atoms with van der Waals surface area (Å²) >= 11 is 0. The zero-order valence-electron chi connectivity index (χ0n) is 9.85. The fraction of sp³-hybridized carbons (Fsp3) is 0.583. The van der Waals surface area contributed by atoms with Crippen molar-refractivity contribution in [3.05, 3.63) is 24.0 Å². The number of ether oxygens (including phenoxy) is 2. The van der Waals surface area contributed by atoms with Crippen molar-refractivity contribution in [2.24, 2.45) is 0 Å². The number of nitrogens with zero attached hydrogens (tertiary/aromatic N) is 1. The van der Waals surface area contributed by atoms with E-state index >= 15 is 0 Å². The van der Waals surface area contributed by atoms with Crippen molar-refractivity contribution >= 4 is 0 Å². The third-order valence-electron chi connectivity index (χ3n) is 2.05. The van der Waals surface area contributed by atoms with Crippen molar-refractivity contribution in [1.29, 1.82) is 0 Å². The first-order valence-corrected chi connectivity index (χ1v) is 5.61. The van der Waals surface area contributed by atoms with Gasteiger partial charge in [-0.1, -0.05) is 6.92 Å². The van der Waals surface area contributed by atoms with E-state index in [1.54, 1.807) is 18.5 Å². The van der Waals surface area contributed by atoms with Crippen molar-refractivity contribution in [3.63, 3.8) is 0 Å². The number of hydrogen-bond acceptors (Lipinski definition) is 4. The van der Waals surface area contributed by atoms with Crippen LogP contribution in [0.1, 0.15) is 31.9 Å². The Balaban J connectivity index is 2.53. The second-order valence-corrected chi connectivity index (χ2v) is 3.48. The molecule has 0 aliphatic rings. The van der Waals surface area contributed by atoms with Gasteiger partial charge >= 0.3 is 0 Å². The van der Waals surface area contributed by atoms with Crippen LogP contribution in [-0.2, 0) is 4.74 Å². The number of rotatable bonds is 7. The van der Waals surface area contributed by atoms with E-state index in [-0.39, 0.29) is 0 Å². The molecule has 0 saturated carbocycles. The van der Waals surface area contributed by atoms with Crippen LogP contribution in [0.4, 0.5) is 0 Å². The lowest BCUT2D eigenvalue weighted by Gasteiger charge is -2.12. The van der Waals surface area contributed by atoms with E-state index < -0.39 is 6.10 Å². The van der Waals surface area contributed by atoms with Crippen molar-refractivity contribution < 1.29 is 14.6 Å². The standard InChI is InChI=1S/C12H19NO3/c1-3-5-15-9-12(14)10-6-11(16-4-2)8-13-7-10/h6-8,12,14H,3-5,9H2,1-2H3. The Morgan fingerprint density at radius 3 is 2.88 bits per heavy atom. The second kappa shape index (κ2) is 7.19. The average molecular weight is 225 g/mol. The molecule has 0 aromatic carbocycles. The highest BCUT2D eigenvalue weighted by Gasteiger charge is 2.09. The number of aliphatic hydroxyl groups excluding tert-OH is 1. The Morgan fingerprint density at radius 1 is 1.38 bits per heavy atom. The molecule has 1 unspecified atom stereocenters. The van der Waals surface area contributed by atoms with Crippen LogP contribution in [0.15, 0.2) is 18.5 Å². The van der Waals surface area contributed by atoms with Gasteiger partial charge in [0.15, 0.2) is 0 Å². The lowest BCUT2D eigenvalue weighted by atomic mass is 10.2. The van der Waals surface area contributed by atoms with E-state index in [2.05, 4.69) is 4.98 Å². The third kappa shape index (κ3) is 4.16. The maximum Gasteiger partial charge on any atom is 0.137 e. The zero-order valence-corrected chi connectivity index (χ0v) is 9.85. The molecule has 0 radical (unpaired) electrons. The Bertz CT molecular complexity index is 304. The molecule has 0 aliphatic carbocycles. The minimum absolute atomic E-state index is 0.297. The van der Waals surface area contributed by atoms with Gasteiger partial charge in [0.25, 0.3) is 0 Å². The summed E-state index contributed by atoms with van der Waals surface area (Å²) in [6, 6.07) is 1.79.